The Hall–Kier alpha value is -1.04. The topological polar surface area (TPSA) is 38.3 Å². The second-order valence-electron chi connectivity index (χ2n) is 3.89. The summed E-state index contributed by atoms with van der Waals surface area (Å²) in [6, 6.07) is 12.5. The van der Waals surface area contributed by atoms with E-state index in [1.807, 2.05) is 12.1 Å². The molecule has 0 radical (unpaired) electrons. The van der Waals surface area contributed by atoms with E-state index in [2.05, 4.69) is 37.2 Å². The molecule has 0 saturated heterocycles. The van der Waals surface area contributed by atoms with Crippen LogP contribution in [-0.2, 0) is 4.79 Å². The molecule has 3 nitrogen and oxygen atoms in total. The first-order valence-corrected chi connectivity index (χ1v) is 7.65. The van der Waals surface area contributed by atoms with Gasteiger partial charge in [-0.1, -0.05) is 39.7 Å². The second kappa shape index (κ2) is 7.11. The van der Waals surface area contributed by atoms with E-state index in [1.54, 1.807) is 30.3 Å². The number of amides is 1. The number of nitrogens with one attached hydrogen (secondary N) is 1. The Morgan fingerprint density at radius 2 is 1.95 bits per heavy atom. The molecule has 0 atom stereocenters. The van der Waals surface area contributed by atoms with E-state index in [0.29, 0.717) is 16.5 Å². The largest absolute Gasteiger partial charge is 0.482 e. The van der Waals surface area contributed by atoms with Gasteiger partial charge in [0.15, 0.2) is 6.61 Å². The predicted molar refractivity (Wildman–Crippen MR) is 87.4 cm³/mol. The molecular weight excluding hydrogens is 409 g/mol. The molecule has 6 heteroatoms. The van der Waals surface area contributed by atoms with Crippen LogP contribution >= 0.6 is 43.5 Å². The van der Waals surface area contributed by atoms with Gasteiger partial charge >= 0.3 is 0 Å². The van der Waals surface area contributed by atoms with Crippen molar-refractivity contribution in [2.24, 2.45) is 0 Å². The van der Waals surface area contributed by atoms with Gasteiger partial charge in [0.05, 0.1) is 10.7 Å². The fourth-order valence-corrected chi connectivity index (χ4v) is 2.82. The number of halogens is 3. The molecule has 20 heavy (non-hydrogen) atoms. The zero-order valence-corrected chi connectivity index (χ0v) is 14.1. The number of para-hydroxylation sites is 1. The Kier molecular flexibility index (Phi) is 5.46. The van der Waals surface area contributed by atoms with Crippen LogP contribution in [0.3, 0.4) is 0 Å². The molecule has 0 fully saturated rings. The van der Waals surface area contributed by atoms with Crippen LogP contribution in [0.4, 0.5) is 5.69 Å². The molecule has 0 heterocycles. The molecule has 2 aromatic carbocycles. The zero-order chi connectivity index (χ0) is 14.5. The van der Waals surface area contributed by atoms with Gasteiger partial charge < -0.3 is 10.1 Å². The molecule has 0 aliphatic rings. The summed E-state index contributed by atoms with van der Waals surface area (Å²) in [4.78, 5) is 11.8. The van der Waals surface area contributed by atoms with E-state index in [0.717, 1.165) is 8.95 Å². The van der Waals surface area contributed by atoms with Gasteiger partial charge in [0.1, 0.15) is 5.75 Å². The van der Waals surface area contributed by atoms with E-state index in [-0.39, 0.29) is 12.5 Å². The third kappa shape index (κ3) is 4.23. The van der Waals surface area contributed by atoms with Crippen molar-refractivity contribution in [3.05, 3.63) is 56.4 Å². The molecular formula is C14H10Br2ClNO2. The van der Waals surface area contributed by atoms with Gasteiger partial charge in [-0.2, -0.15) is 0 Å². The van der Waals surface area contributed by atoms with Crippen molar-refractivity contribution in [1.29, 1.82) is 0 Å². The maximum Gasteiger partial charge on any atom is 0.262 e. The summed E-state index contributed by atoms with van der Waals surface area (Å²) in [6.45, 7) is -0.105. The van der Waals surface area contributed by atoms with Crippen LogP contribution in [0, 0.1) is 0 Å². The maximum atomic E-state index is 11.8. The standard InChI is InChI=1S/C14H10Br2ClNO2/c15-9-5-6-12(10(16)7-9)18-14(19)8-20-13-4-2-1-3-11(13)17/h1-7H,8H2,(H,18,19). The van der Waals surface area contributed by atoms with Gasteiger partial charge in [-0.3, -0.25) is 4.79 Å². The second-order valence-corrected chi connectivity index (χ2v) is 6.07. The minimum atomic E-state index is -0.257. The first-order chi connectivity index (χ1) is 9.56. The number of hydrogen-bond donors (Lipinski definition) is 1. The fourth-order valence-electron chi connectivity index (χ4n) is 1.48. The molecule has 104 valence electrons. The van der Waals surface area contributed by atoms with Crippen molar-refractivity contribution in [3.8, 4) is 5.75 Å². The highest BCUT2D eigenvalue weighted by Crippen LogP contribution is 2.26. The molecule has 0 aliphatic heterocycles. The molecule has 0 aliphatic carbocycles. The number of hydrogen-bond acceptors (Lipinski definition) is 2. The number of anilines is 1. The third-order valence-electron chi connectivity index (χ3n) is 2.40. The summed E-state index contributed by atoms with van der Waals surface area (Å²) < 4.78 is 7.08. The van der Waals surface area contributed by atoms with Crippen molar-refractivity contribution in [3.63, 3.8) is 0 Å². The van der Waals surface area contributed by atoms with Gasteiger partial charge in [-0.25, -0.2) is 0 Å². The van der Waals surface area contributed by atoms with Crippen molar-refractivity contribution >= 4 is 55.1 Å². The molecule has 2 rings (SSSR count). The summed E-state index contributed by atoms with van der Waals surface area (Å²) in [5.74, 6) is 0.229. The summed E-state index contributed by atoms with van der Waals surface area (Å²) in [5, 5.41) is 3.23. The SMILES string of the molecule is O=C(COc1ccccc1Cl)Nc1ccc(Br)cc1Br. The normalized spacial score (nSPS) is 10.2. The van der Waals surface area contributed by atoms with Gasteiger partial charge in [0.2, 0.25) is 0 Å². The molecule has 0 bridgehead atoms. The lowest BCUT2D eigenvalue weighted by molar-refractivity contribution is -0.118. The summed E-state index contributed by atoms with van der Waals surface area (Å²) in [6.07, 6.45) is 0. The molecule has 1 amide bonds. The fraction of sp³-hybridized carbons (Fsp3) is 0.0714. The molecule has 0 unspecified atom stereocenters. The van der Waals surface area contributed by atoms with Crippen LogP contribution in [0.1, 0.15) is 0 Å². The van der Waals surface area contributed by atoms with Crippen molar-refractivity contribution in [1.82, 2.24) is 0 Å². The highest BCUT2D eigenvalue weighted by atomic mass is 79.9. The Morgan fingerprint density at radius 3 is 2.65 bits per heavy atom. The first-order valence-electron chi connectivity index (χ1n) is 5.68. The average molecular weight is 420 g/mol. The maximum absolute atomic E-state index is 11.8. The van der Waals surface area contributed by atoms with Crippen LogP contribution in [-0.4, -0.2) is 12.5 Å². The number of ether oxygens (including phenoxy) is 1. The first kappa shape index (κ1) is 15.4. The van der Waals surface area contributed by atoms with Gasteiger partial charge in [0, 0.05) is 8.95 Å². The Balaban J connectivity index is 1.94. The number of rotatable bonds is 4. The van der Waals surface area contributed by atoms with Crippen molar-refractivity contribution in [2.75, 3.05) is 11.9 Å². The lowest BCUT2D eigenvalue weighted by Crippen LogP contribution is -2.20. The van der Waals surface area contributed by atoms with Crippen molar-refractivity contribution in [2.45, 2.75) is 0 Å². The highest BCUT2D eigenvalue weighted by Gasteiger charge is 2.08. The van der Waals surface area contributed by atoms with Crippen molar-refractivity contribution < 1.29 is 9.53 Å². The van der Waals surface area contributed by atoms with E-state index >= 15 is 0 Å². The van der Waals surface area contributed by atoms with Crippen LogP contribution in [0.5, 0.6) is 5.75 Å². The lowest BCUT2D eigenvalue weighted by Gasteiger charge is -2.10. The smallest absolute Gasteiger partial charge is 0.262 e. The summed E-state index contributed by atoms with van der Waals surface area (Å²) in [7, 11) is 0. The van der Waals surface area contributed by atoms with Crippen LogP contribution in [0.15, 0.2) is 51.4 Å². The van der Waals surface area contributed by atoms with Gasteiger partial charge in [-0.05, 0) is 46.3 Å². The zero-order valence-electron chi connectivity index (χ0n) is 10.2. The molecule has 1 N–H and O–H groups in total. The molecule has 0 saturated carbocycles. The summed E-state index contributed by atoms with van der Waals surface area (Å²) in [5.41, 5.74) is 0.681. The van der Waals surface area contributed by atoms with E-state index in [4.69, 9.17) is 16.3 Å². The number of carbonyl (C=O) groups excluding carboxylic acids is 1. The molecule has 2 aromatic rings. The molecule has 0 spiro atoms. The lowest BCUT2D eigenvalue weighted by atomic mass is 10.3. The Labute approximate surface area is 138 Å². The predicted octanol–water partition coefficient (Wildman–Crippen LogP) is 4.88. The number of carbonyl (C=O) groups is 1. The Morgan fingerprint density at radius 1 is 1.20 bits per heavy atom. The highest BCUT2D eigenvalue weighted by molar-refractivity contribution is 9.11. The minimum Gasteiger partial charge on any atom is -0.482 e. The van der Waals surface area contributed by atoms with Crippen LogP contribution < -0.4 is 10.1 Å². The number of benzene rings is 2. The van der Waals surface area contributed by atoms with E-state index < -0.39 is 0 Å². The monoisotopic (exact) mass is 417 g/mol. The molecule has 0 aromatic heterocycles. The van der Waals surface area contributed by atoms with Gasteiger partial charge in [0.25, 0.3) is 5.91 Å². The minimum absolute atomic E-state index is 0.105. The van der Waals surface area contributed by atoms with Gasteiger partial charge in [-0.15, -0.1) is 0 Å². The van der Waals surface area contributed by atoms with Crippen LogP contribution in [0.25, 0.3) is 0 Å². The van der Waals surface area contributed by atoms with E-state index in [1.165, 1.54) is 0 Å². The Bertz CT molecular complexity index is 634. The quantitative estimate of drug-likeness (QED) is 0.767. The van der Waals surface area contributed by atoms with Crippen LogP contribution in [0.2, 0.25) is 5.02 Å². The average Bonchev–Trinajstić information content (AvgIpc) is 2.41. The van der Waals surface area contributed by atoms with E-state index in [9.17, 15) is 4.79 Å². The summed E-state index contributed by atoms with van der Waals surface area (Å²) >= 11 is 12.7. The third-order valence-corrected chi connectivity index (χ3v) is 3.86.